The predicted octanol–water partition coefficient (Wildman–Crippen LogP) is 7.77. The van der Waals surface area contributed by atoms with E-state index in [4.69, 9.17) is 18.9 Å². The number of ether oxygens (including phenoxy) is 4. The Kier molecular flexibility index (Phi) is 10.6. The Balaban J connectivity index is 1.18. The smallest absolute Gasteiger partial charge is 0.350 e. The molecule has 1 aliphatic heterocycles. The maximum absolute atomic E-state index is 13.4. The molecule has 8 nitrogen and oxygen atoms in total. The van der Waals surface area contributed by atoms with Crippen molar-refractivity contribution in [1.82, 2.24) is 10.2 Å². The number of rotatable bonds is 15. The number of nitrogens with one attached hydrogen (secondary N) is 1. The minimum Gasteiger partial charge on any atom is -0.497 e. The van der Waals surface area contributed by atoms with E-state index in [2.05, 4.69) is 35.6 Å². The average Bonchev–Trinajstić information content (AvgIpc) is 3.43. The van der Waals surface area contributed by atoms with E-state index in [9.17, 15) is 9.59 Å². The van der Waals surface area contributed by atoms with Crippen molar-refractivity contribution < 1.29 is 28.5 Å². The van der Waals surface area contributed by atoms with Crippen LogP contribution in [-0.2, 0) is 28.9 Å². The first-order valence-electron chi connectivity index (χ1n) is 17.1. The number of carbonyl (C=O) groups excluding carboxylic acids is 2. The van der Waals surface area contributed by atoms with Gasteiger partial charge in [-0.05, 0) is 84.1 Å². The van der Waals surface area contributed by atoms with Crippen LogP contribution < -0.4 is 19.5 Å². The van der Waals surface area contributed by atoms with Gasteiger partial charge in [0.1, 0.15) is 17.2 Å². The van der Waals surface area contributed by atoms with Gasteiger partial charge in [-0.1, -0.05) is 84.9 Å². The molecular formula is C42H44N2O6. The van der Waals surface area contributed by atoms with Gasteiger partial charge in [0.25, 0.3) is 0 Å². The standard InChI is InChI=1S/C42H44N2O6/c1-4-48-39(45)41(2,50-38-12-6-5-7-13-38)27-31-15-22-37(23-16-31)49-25-24-42(28-33-14-19-34-10-8-9-11-35(34)26-33)30-43-40(46)44(42)29-32-17-20-36(47-3)21-18-32/h5-23,26H,4,24-25,27-30H2,1-3H3,(H,43,46). The van der Waals surface area contributed by atoms with Crippen molar-refractivity contribution in [2.75, 3.05) is 26.9 Å². The molecule has 0 aliphatic carbocycles. The molecule has 2 unspecified atom stereocenters. The van der Waals surface area contributed by atoms with E-state index in [0.29, 0.717) is 50.5 Å². The van der Waals surface area contributed by atoms with Gasteiger partial charge in [0, 0.05) is 25.9 Å². The van der Waals surface area contributed by atoms with E-state index in [1.807, 2.05) is 95.9 Å². The molecule has 0 saturated carbocycles. The number of carbonyl (C=O) groups is 2. The van der Waals surface area contributed by atoms with Crippen LogP contribution >= 0.6 is 0 Å². The number of benzene rings is 5. The summed E-state index contributed by atoms with van der Waals surface area (Å²) in [5.41, 5.74) is 1.37. The topological polar surface area (TPSA) is 86.3 Å². The van der Waals surface area contributed by atoms with Gasteiger partial charge in [0.2, 0.25) is 5.60 Å². The molecule has 1 aliphatic rings. The molecule has 1 saturated heterocycles. The summed E-state index contributed by atoms with van der Waals surface area (Å²) in [6.45, 7) is 5.17. The van der Waals surface area contributed by atoms with Gasteiger partial charge < -0.3 is 29.2 Å². The second kappa shape index (κ2) is 15.4. The summed E-state index contributed by atoms with van der Waals surface area (Å²) in [6.07, 6.45) is 1.61. The Morgan fingerprint density at radius 3 is 2.18 bits per heavy atom. The molecule has 0 bridgehead atoms. The molecule has 2 amide bonds. The molecule has 1 N–H and O–H groups in total. The van der Waals surface area contributed by atoms with Crippen molar-refractivity contribution in [3.05, 3.63) is 138 Å². The number of esters is 1. The van der Waals surface area contributed by atoms with Crippen molar-refractivity contribution in [3.63, 3.8) is 0 Å². The summed E-state index contributed by atoms with van der Waals surface area (Å²) in [5.74, 6) is 1.66. The molecule has 2 atom stereocenters. The number of para-hydroxylation sites is 1. The van der Waals surface area contributed by atoms with Gasteiger partial charge in [0.05, 0.1) is 25.9 Å². The first-order valence-corrected chi connectivity index (χ1v) is 17.1. The Morgan fingerprint density at radius 2 is 1.46 bits per heavy atom. The van der Waals surface area contributed by atoms with E-state index in [1.54, 1.807) is 21.0 Å². The minimum absolute atomic E-state index is 0.0895. The van der Waals surface area contributed by atoms with Crippen molar-refractivity contribution in [2.24, 2.45) is 0 Å². The second-order valence-electron chi connectivity index (χ2n) is 13.0. The number of nitrogens with zero attached hydrogens (tertiary/aromatic N) is 1. The van der Waals surface area contributed by atoms with Gasteiger partial charge >= 0.3 is 12.0 Å². The molecule has 1 fully saturated rings. The molecule has 5 aromatic carbocycles. The second-order valence-corrected chi connectivity index (χ2v) is 13.0. The van der Waals surface area contributed by atoms with Gasteiger partial charge in [-0.15, -0.1) is 0 Å². The zero-order valence-electron chi connectivity index (χ0n) is 28.9. The lowest BCUT2D eigenvalue weighted by atomic mass is 9.86. The minimum atomic E-state index is -1.20. The molecule has 50 heavy (non-hydrogen) atoms. The SMILES string of the molecule is CCOC(=O)C(C)(Cc1ccc(OCCC2(Cc3ccc4ccccc4c3)CNC(=O)N2Cc2ccc(OC)cc2)cc1)Oc1ccccc1. The lowest BCUT2D eigenvalue weighted by Gasteiger charge is -2.37. The Hall–Kier alpha value is -5.50. The van der Waals surface area contributed by atoms with Gasteiger partial charge in [-0.3, -0.25) is 0 Å². The summed E-state index contributed by atoms with van der Waals surface area (Å²) in [6, 6.07) is 39.6. The average molecular weight is 673 g/mol. The lowest BCUT2D eigenvalue weighted by Crippen LogP contribution is -2.49. The molecule has 0 radical (unpaired) electrons. The third-order valence-electron chi connectivity index (χ3n) is 9.33. The van der Waals surface area contributed by atoms with E-state index in [0.717, 1.165) is 22.4 Å². The normalized spacial score (nSPS) is 16.8. The molecule has 1 heterocycles. The molecular weight excluding hydrogens is 628 g/mol. The number of methoxy groups -OCH3 is 1. The number of hydrogen-bond donors (Lipinski definition) is 1. The number of urea groups is 1. The van der Waals surface area contributed by atoms with Crippen LogP contribution in [0.2, 0.25) is 0 Å². The maximum Gasteiger partial charge on any atom is 0.350 e. The lowest BCUT2D eigenvalue weighted by molar-refractivity contribution is -0.160. The van der Waals surface area contributed by atoms with E-state index >= 15 is 0 Å². The Bertz CT molecular complexity index is 1900. The van der Waals surface area contributed by atoms with Crippen molar-refractivity contribution in [1.29, 1.82) is 0 Å². The van der Waals surface area contributed by atoms with Crippen molar-refractivity contribution >= 4 is 22.8 Å². The summed E-state index contributed by atoms with van der Waals surface area (Å²) in [4.78, 5) is 28.4. The van der Waals surface area contributed by atoms with Crippen LogP contribution in [0.1, 0.15) is 37.0 Å². The summed E-state index contributed by atoms with van der Waals surface area (Å²) in [7, 11) is 1.64. The predicted molar refractivity (Wildman–Crippen MR) is 195 cm³/mol. The van der Waals surface area contributed by atoms with Crippen LogP contribution in [0.4, 0.5) is 4.79 Å². The van der Waals surface area contributed by atoms with Crippen LogP contribution in [0.25, 0.3) is 10.8 Å². The molecule has 0 aromatic heterocycles. The number of hydrogen-bond acceptors (Lipinski definition) is 6. The molecule has 5 aromatic rings. The maximum atomic E-state index is 13.4. The number of amides is 2. The highest BCUT2D eigenvalue weighted by Gasteiger charge is 2.45. The van der Waals surface area contributed by atoms with Crippen molar-refractivity contribution in [3.8, 4) is 17.2 Å². The number of fused-ring (bicyclic) bond motifs is 1. The van der Waals surface area contributed by atoms with E-state index in [-0.39, 0.29) is 12.6 Å². The van der Waals surface area contributed by atoms with Crippen LogP contribution in [0, 0.1) is 0 Å². The van der Waals surface area contributed by atoms with Crippen LogP contribution in [0.15, 0.2) is 121 Å². The third-order valence-corrected chi connectivity index (χ3v) is 9.33. The van der Waals surface area contributed by atoms with Crippen molar-refractivity contribution in [2.45, 2.75) is 50.8 Å². The van der Waals surface area contributed by atoms with Gasteiger partial charge in [-0.25, -0.2) is 9.59 Å². The van der Waals surface area contributed by atoms with Crippen LogP contribution in [0.5, 0.6) is 17.2 Å². The fourth-order valence-electron chi connectivity index (χ4n) is 6.63. The fourth-order valence-corrected chi connectivity index (χ4v) is 6.63. The van der Waals surface area contributed by atoms with Crippen LogP contribution in [-0.4, -0.2) is 54.9 Å². The molecule has 0 spiro atoms. The van der Waals surface area contributed by atoms with E-state index in [1.165, 1.54) is 10.8 Å². The van der Waals surface area contributed by atoms with Gasteiger partial charge in [-0.2, -0.15) is 0 Å². The Morgan fingerprint density at radius 1 is 0.800 bits per heavy atom. The quantitative estimate of drug-likeness (QED) is 0.114. The monoisotopic (exact) mass is 672 g/mol. The highest BCUT2D eigenvalue weighted by atomic mass is 16.6. The zero-order valence-corrected chi connectivity index (χ0v) is 28.9. The summed E-state index contributed by atoms with van der Waals surface area (Å²) in [5, 5.41) is 5.48. The molecule has 258 valence electrons. The van der Waals surface area contributed by atoms with Crippen LogP contribution in [0.3, 0.4) is 0 Å². The van der Waals surface area contributed by atoms with E-state index < -0.39 is 17.1 Å². The largest absolute Gasteiger partial charge is 0.497 e. The van der Waals surface area contributed by atoms with Gasteiger partial charge in [0.15, 0.2) is 0 Å². The fraction of sp³-hybridized carbons (Fsp3) is 0.286. The molecule has 6 rings (SSSR count). The first-order chi connectivity index (χ1) is 24.3. The molecule has 8 heteroatoms. The Labute approximate surface area is 293 Å². The third kappa shape index (κ3) is 8.03. The summed E-state index contributed by atoms with van der Waals surface area (Å²) >= 11 is 0. The zero-order chi connectivity index (χ0) is 35.0. The first kappa shape index (κ1) is 34.4. The highest BCUT2D eigenvalue weighted by Crippen LogP contribution is 2.33. The highest BCUT2D eigenvalue weighted by molar-refractivity contribution is 5.83. The summed E-state index contributed by atoms with van der Waals surface area (Å²) < 4.78 is 23.2.